The number of hydrogen-bond acceptors (Lipinski definition) is 5. The average Bonchev–Trinajstić information content (AvgIpc) is 3.14. The van der Waals surface area contributed by atoms with E-state index in [1.165, 1.54) is 35.6 Å². The number of amides is 2. The van der Waals surface area contributed by atoms with E-state index in [1.54, 1.807) is 17.5 Å². The number of halogens is 1. The molecule has 0 fully saturated rings. The molecule has 0 aliphatic rings. The van der Waals surface area contributed by atoms with Crippen LogP contribution in [0.1, 0.15) is 24.0 Å². The third-order valence-corrected chi connectivity index (χ3v) is 7.19. The van der Waals surface area contributed by atoms with Crippen LogP contribution >= 0.6 is 22.9 Å². The van der Waals surface area contributed by atoms with Gasteiger partial charge < -0.3 is 10.6 Å². The Bertz CT molecular complexity index is 879. The molecule has 0 aliphatic heterocycles. The molecule has 0 aliphatic carbocycles. The van der Waals surface area contributed by atoms with Crippen molar-refractivity contribution in [3.63, 3.8) is 0 Å². The summed E-state index contributed by atoms with van der Waals surface area (Å²) in [5.41, 5.74) is 0. The van der Waals surface area contributed by atoms with Crippen molar-refractivity contribution in [3.8, 4) is 0 Å². The van der Waals surface area contributed by atoms with E-state index >= 15 is 0 Å². The summed E-state index contributed by atoms with van der Waals surface area (Å²) in [6.07, 6.45) is 0. The number of hydrogen-bond donors (Lipinski definition) is 2. The lowest BCUT2D eigenvalue weighted by atomic mass is 10.2. The van der Waals surface area contributed by atoms with E-state index in [1.807, 2.05) is 13.8 Å². The maximum Gasteiger partial charge on any atom is 0.309 e. The zero-order chi connectivity index (χ0) is 20.0. The molecule has 0 spiro atoms. The quantitative estimate of drug-likeness (QED) is 0.663. The molecule has 2 N–H and O–H groups in total. The SMILES string of the molecule is CC(C)CNC(=O)C(=O)NC[C@@H](c1cccs1)S(=O)(=O)c1ccc(Cl)cc1. The number of benzene rings is 1. The Kier molecular flexibility index (Phi) is 7.41. The lowest BCUT2D eigenvalue weighted by molar-refractivity contribution is -0.139. The Morgan fingerprint density at radius 1 is 1.04 bits per heavy atom. The monoisotopic (exact) mass is 428 g/mol. The van der Waals surface area contributed by atoms with E-state index in [0.29, 0.717) is 16.4 Å². The lowest BCUT2D eigenvalue weighted by Gasteiger charge is -2.17. The number of nitrogens with one attached hydrogen (secondary N) is 2. The van der Waals surface area contributed by atoms with Crippen molar-refractivity contribution in [2.45, 2.75) is 24.0 Å². The summed E-state index contributed by atoms with van der Waals surface area (Å²) in [4.78, 5) is 24.5. The fourth-order valence-corrected chi connectivity index (χ4v) is 5.18. The number of thiophene rings is 1. The highest BCUT2D eigenvalue weighted by molar-refractivity contribution is 7.91. The largest absolute Gasteiger partial charge is 0.348 e. The number of carbonyl (C=O) groups excluding carboxylic acids is 2. The normalized spacial score (nSPS) is 12.6. The maximum absolute atomic E-state index is 13.1. The van der Waals surface area contributed by atoms with E-state index in [9.17, 15) is 18.0 Å². The molecule has 1 aromatic heterocycles. The third-order valence-electron chi connectivity index (χ3n) is 3.70. The fraction of sp³-hybridized carbons (Fsp3) is 0.333. The van der Waals surface area contributed by atoms with E-state index in [0.717, 1.165) is 0 Å². The molecule has 0 bridgehead atoms. The minimum atomic E-state index is -3.78. The highest BCUT2D eigenvalue weighted by atomic mass is 35.5. The van der Waals surface area contributed by atoms with Crippen LogP contribution in [0.3, 0.4) is 0 Å². The first kappa shape index (κ1) is 21.4. The summed E-state index contributed by atoms with van der Waals surface area (Å²) in [6, 6.07) is 9.27. The smallest absolute Gasteiger partial charge is 0.309 e. The zero-order valence-electron chi connectivity index (χ0n) is 14.9. The summed E-state index contributed by atoms with van der Waals surface area (Å²) < 4.78 is 26.1. The zero-order valence-corrected chi connectivity index (χ0v) is 17.3. The van der Waals surface area contributed by atoms with Crippen molar-refractivity contribution in [3.05, 3.63) is 51.7 Å². The summed E-state index contributed by atoms with van der Waals surface area (Å²) >= 11 is 7.11. The molecule has 1 heterocycles. The van der Waals surface area contributed by atoms with Crippen LogP contribution in [-0.2, 0) is 19.4 Å². The van der Waals surface area contributed by atoms with Gasteiger partial charge in [0.05, 0.1) is 4.90 Å². The molecule has 146 valence electrons. The predicted octanol–water partition coefficient (Wildman–Crippen LogP) is 2.80. The van der Waals surface area contributed by atoms with Gasteiger partial charge in [-0.15, -0.1) is 11.3 Å². The molecule has 27 heavy (non-hydrogen) atoms. The fourth-order valence-electron chi connectivity index (χ4n) is 2.27. The van der Waals surface area contributed by atoms with Crippen molar-refractivity contribution in [2.75, 3.05) is 13.1 Å². The predicted molar refractivity (Wildman–Crippen MR) is 107 cm³/mol. The second-order valence-corrected chi connectivity index (χ2v) is 9.86. The molecular formula is C18H21ClN2O4S2. The molecule has 0 radical (unpaired) electrons. The Labute approximate surface area is 167 Å². The van der Waals surface area contributed by atoms with Crippen molar-refractivity contribution in [1.82, 2.24) is 10.6 Å². The minimum Gasteiger partial charge on any atom is -0.348 e. The lowest BCUT2D eigenvalue weighted by Crippen LogP contribution is -2.43. The summed E-state index contributed by atoms with van der Waals surface area (Å²) in [6.45, 7) is 3.97. The van der Waals surface area contributed by atoms with Crippen LogP contribution in [0.25, 0.3) is 0 Å². The van der Waals surface area contributed by atoms with Crippen molar-refractivity contribution < 1.29 is 18.0 Å². The Morgan fingerprint density at radius 2 is 1.63 bits per heavy atom. The molecule has 0 saturated carbocycles. The van der Waals surface area contributed by atoms with Crippen molar-refractivity contribution in [1.29, 1.82) is 0 Å². The van der Waals surface area contributed by atoms with Gasteiger partial charge in [-0.25, -0.2) is 8.42 Å². The van der Waals surface area contributed by atoms with Crippen LogP contribution in [0.15, 0.2) is 46.7 Å². The van der Waals surface area contributed by atoms with Gasteiger partial charge >= 0.3 is 11.8 Å². The van der Waals surface area contributed by atoms with Gasteiger partial charge in [0.25, 0.3) is 0 Å². The van der Waals surface area contributed by atoms with Gasteiger partial charge in [0.1, 0.15) is 5.25 Å². The van der Waals surface area contributed by atoms with Gasteiger partial charge in [-0.1, -0.05) is 31.5 Å². The van der Waals surface area contributed by atoms with Gasteiger partial charge in [-0.2, -0.15) is 0 Å². The number of rotatable bonds is 7. The highest BCUT2D eigenvalue weighted by Gasteiger charge is 2.31. The highest BCUT2D eigenvalue weighted by Crippen LogP contribution is 2.31. The molecule has 6 nitrogen and oxygen atoms in total. The van der Waals surface area contributed by atoms with Crippen molar-refractivity contribution in [2.24, 2.45) is 5.92 Å². The summed E-state index contributed by atoms with van der Waals surface area (Å²) in [7, 11) is -3.78. The van der Waals surface area contributed by atoms with Gasteiger partial charge in [-0.3, -0.25) is 9.59 Å². The standard InChI is InChI=1S/C18H21ClN2O4S2/c1-12(2)10-20-17(22)18(23)21-11-16(15-4-3-9-26-15)27(24,25)14-7-5-13(19)6-8-14/h3-9,12,16H,10-11H2,1-2H3,(H,20,22)(H,21,23)/t16-/m0/s1. The minimum absolute atomic E-state index is 0.101. The molecule has 0 saturated heterocycles. The van der Waals surface area contributed by atoms with Crippen LogP contribution in [0.2, 0.25) is 5.02 Å². The van der Waals surface area contributed by atoms with Crippen LogP contribution in [0.4, 0.5) is 0 Å². The summed E-state index contributed by atoms with van der Waals surface area (Å²) in [5.74, 6) is -1.44. The Morgan fingerprint density at radius 3 is 2.15 bits per heavy atom. The molecule has 1 atom stereocenters. The maximum atomic E-state index is 13.1. The first-order valence-corrected chi connectivity index (χ1v) is 11.1. The van der Waals surface area contributed by atoms with E-state index in [-0.39, 0.29) is 17.4 Å². The molecule has 1 aromatic carbocycles. The average molecular weight is 429 g/mol. The first-order valence-electron chi connectivity index (χ1n) is 8.30. The molecule has 0 unspecified atom stereocenters. The van der Waals surface area contributed by atoms with Gasteiger partial charge in [0.15, 0.2) is 9.84 Å². The van der Waals surface area contributed by atoms with Crippen LogP contribution in [0, 0.1) is 5.92 Å². The van der Waals surface area contributed by atoms with E-state index < -0.39 is 26.9 Å². The van der Waals surface area contributed by atoms with Crippen LogP contribution in [0.5, 0.6) is 0 Å². The van der Waals surface area contributed by atoms with E-state index in [2.05, 4.69) is 10.6 Å². The van der Waals surface area contributed by atoms with Gasteiger partial charge in [0.2, 0.25) is 0 Å². The van der Waals surface area contributed by atoms with Crippen molar-refractivity contribution >= 4 is 44.6 Å². The van der Waals surface area contributed by atoms with Crippen LogP contribution in [-0.4, -0.2) is 33.3 Å². The van der Waals surface area contributed by atoms with Gasteiger partial charge in [-0.05, 0) is 41.6 Å². The Hall–Kier alpha value is -1.90. The molecule has 2 amide bonds. The first-order chi connectivity index (χ1) is 12.7. The number of sulfone groups is 1. The second kappa shape index (κ2) is 9.34. The second-order valence-electron chi connectivity index (χ2n) is 6.32. The van der Waals surface area contributed by atoms with Gasteiger partial charge in [0, 0.05) is 23.0 Å². The molecule has 2 rings (SSSR count). The Balaban J connectivity index is 2.17. The number of carbonyl (C=O) groups is 2. The van der Waals surface area contributed by atoms with Crippen LogP contribution < -0.4 is 10.6 Å². The molecule has 2 aromatic rings. The molecular weight excluding hydrogens is 408 g/mol. The summed E-state index contributed by atoms with van der Waals surface area (Å²) in [5, 5.41) is 6.13. The van der Waals surface area contributed by atoms with E-state index in [4.69, 9.17) is 11.6 Å². The third kappa shape index (κ3) is 5.79. The topological polar surface area (TPSA) is 92.3 Å². The molecule has 9 heteroatoms.